The average molecular weight is 388 g/mol. The Morgan fingerprint density at radius 1 is 1.04 bits per heavy atom. The van der Waals surface area contributed by atoms with E-state index < -0.39 is 0 Å². The van der Waals surface area contributed by atoms with Gasteiger partial charge in [-0.1, -0.05) is 48.5 Å². The summed E-state index contributed by atoms with van der Waals surface area (Å²) in [4.78, 5) is 17.0. The van der Waals surface area contributed by atoms with Crippen molar-refractivity contribution in [3.05, 3.63) is 59.5 Å². The lowest BCUT2D eigenvalue weighted by Crippen LogP contribution is -2.57. The van der Waals surface area contributed by atoms with Gasteiger partial charge in [-0.2, -0.15) is 0 Å². The summed E-state index contributed by atoms with van der Waals surface area (Å²) >= 11 is 1.69. The van der Waals surface area contributed by atoms with Crippen molar-refractivity contribution >= 4 is 27.2 Å². The highest BCUT2D eigenvalue weighted by Crippen LogP contribution is 2.58. The maximum Gasteiger partial charge on any atom is 0.173 e. The molecule has 1 aliphatic carbocycles. The molecular weight excluding hydrogens is 362 g/mol. The summed E-state index contributed by atoms with van der Waals surface area (Å²) in [6.45, 7) is 2.53. The summed E-state index contributed by atoms with van der Waals surface area (Å²) < 4.78 is 1.24. The third-order valence-electron chi connectivity index (χ3n) is 7.50. The van der Waals surface area contributed by atoms with E-state index in [-0.39, 0.29) is 0 Å². The fourth-order valence-corrected chi connectivity index (χ4v) is 7.08. The summed E-state index contributed by atoms with van der Waals surface area (Å²) in [6, 6.07) is 19.1. The number of nitrogens with zero attached hydrogens (tertiary/aromatic N) is 1. The van der Waals surface area contributed by atoms with Crippen molar-refractivity contribution in [1.29, 1.82) is 0 Å². The lowest BCUT2D eigenvalue weighted by molar-refractivity contribution is -0.0273. The summed E-state index contributed by atoms with van der Waals surface area (Å²) in [7, 11) is 0. The van der Waals surface area contributed by atoms with E-state index in [1.54, 1.807) is 11.3 Å². The number of carbonyl (C=O) groups is 1. The molecular formula is C25H25NOS. The maximum absolute atomic E-state index is 13.3. The van der Waals surface area contributed by atoms with Crippen molar-refractivity contribution in [1.82, 2.24) is 4.90 Å². The van der Waals surface area contributed by atoms with Gasteiger partial charge in [0.15, 0.2) is 5.78 Å². The standard InChI is InChI=1S/C25H25NOS/c27-22(16-21-18-9-13-26(14-10-18)25(21)11-12-25)23-15-19-7-4-8-20(24(19)28-23)17-5-2-1-3-6-17/h1-8,15,18,21H,9-14,16H2/t21-/m1/s1. The van der Waals surface area contributed by atoms with Gasteiger partial charge in [-0.25, -0.2) is 0 Å². The largest absolute Gasteiger partial charge is 0.297 e. The number of hydrogen-bond donors (Lipinski definition) is 0. The van der Waals surface area contributed by atoms with Gasteiger partial charge in [0.2, 0.25) is 0 Å². The third-order valence-corrected chi connectivity index (χ3v) is 8.73. The molecule has 4 aliphatic rings. The number of Topliss-reactive ketones (excluding diaryl/α,β-unsaturated/α-hetero) is 1. The maximum atomic E-state index is 13.3. The number of rotatable bonds is 4. The molecule has 2 nitrogen and oxygen atoms in total. The predicted molar refractivity (Wildman–Crippen MR) is 116 cm³/mol. The van der Waals surface area contributed by atoms with E-state index in [1.807, 2.05) is 0 Å². The molecule has 7 rings (SSSR count). The van der Waals surface area contributed by atoms with Gasteiger partial charge in [0, 0.05) is 16.7 Å². The van der Waals surface area contributed by atoms with Crippen LogP contribution in [0, 0.1) is 11.8 Å². The number of piperidine rings is 3. The number of fused-ring (bicyclic) bond motifs is 3. The van der Waals surface area contributed by atoms with Gasteiger partial charge in [0.1, 0.15) is 0 Å². The minimum atomic E-state index is 0.366. The average Bonchev–Trinajstić information content (AvgIpc) is 3.39. The number of thiophene rings is 1. The zero-order valence-electron chi connectivity index (χ0n) is 16.1. The Bertz CT molecular complexity index is 1040. The Morgan fingerprint density at radius 3 is 2.57 bits per heavy atom. The molecule has 0 radical (unpaired) electrons. The molecule has 3 aromatic rings. The van der Waals surface area contributed by atoms with Crippen molar-refractivity contribution in [2.24, 2.45) is 11.8 Å². The molecule has 3 aliphatic heterocycles. The van der Waals surface area contributed by atoms with Crippen molar-refractivity contribution < 1.29 is 4.79 Å². The molecule has 0 N–H and O–H groups in total. The van der Waals surface area contributed by atoms with Gasteiger partial charge >= 0.3 is 0 Å². The van der Waals surface area contributed by atoms with Gasteiger partial charge in [0.05, 0.1) is 4.88 Å². The van der Waals surface area contributed by atoms with Crippen LogP contribution in [0.3, 0.4) is 0 Å². The second-order valence-corrected chi connectivity index (χ2v) is 9.91. The molecule has 0 unspecified atom stereocenters. The monoisotopic (exact) mass is 387 g/mol. The first-order chi connectivity index (χ1) is 13.7. The molecule has 1 aromatic heterocycles. The van der Waals surface area contributed by atoms with Crippen molar-refractivity contribution in [3.63, 3.8) is 0 Å². The van der Waals surface area contributed by atoms with Gasteiger partial charge in [-0.3, -0.25) is 9.69 Å². The van der Waals surface area contributed by atoms with Crippen LogP contribution in [0.4, 0.5) is 0 Å². The van der Waals surface area contributed by atoms with Crippen LogP contribution in [-0.4, -0.2) is 29.3 Å². The van der Waals surface area contributed by atoms with Crippen molar-refractivity contribution in [3.8, 4) is 11.1 Å². The molecule has 3 heteroatoms. The van der Waals surface area contributed by atoms with E-state index in [0.717, 1.165) is 17.2 Å². The van der Waals surface area contributed by atoms with Crippen LogP contribution in [0.25, 0.3) is 21.2 Å². The van der Waals surface area contributed by atoms with Crippen LogP contribution in [-0.2, 0) is 0 Å². The van der Waals surface area contributed by atoms with Gasteiger partial charge in [0.25, 0.3) is 0 Å². The molecule has 4 heterocycles. The van der Waals surface area contributed by atoms with Crippen LogP contribution < -0.4 is 0 Å². The first-order valence-electron chi connectivity index (χ1n) is 10.6. The van der Waals surface area contributed by atoms with E-state index in [9.17, 15) is 4.79 Å². The first kappa shape index (κ1) is 16.9. The van der Waals surface area contributed by atoms with Crippen LogP contribution in [0.5, 0.6) is 0 Å². The molecule has 142 valence electrons. The van der Waals surface area contributed by atoms with E-state index in [4.69, 9.17) is 0 Å². The normalized spacial score (nSPS) is 27.4. The van der Waals surface area contributed by atoms with Crippen LogP contribution in [0.15, 0.2) is 54.6 Å². The van der Waals surface area contributed by atoms with E-state index in [0.29, 0.717) is 17.2 Å². The quantitative estimate of drug-likeness (QED) is 0.511. The van der Waals surface area contributed by atoms with Crippen molar-refractivity contribution in [2.75, 3.05) is 13.1 Å². The zero-order chi connectivity index (χ0) is 18.7. The third kappa shape index (κ3) is 2.53. The number of carbonyl (C=O) groups excluding carboxylic acids is 1. The Labute approximate surface area is 170 Å². The SMILES string of the molecule is O=C(C[C@@H]1C2CCN(CC2)C12CC2)c1cc2cccc(-c3ccccc3)c2s1. The van der Waals surface area contributed by atoms with E-state index in [1.165, 1.54) is 60.0 Å². The van der Waals surface area contributed by atoms with Crippen LogP contribution >= 0.6 is 11.3 Å². The number of benzene rings is 2. The zero-order valence-corrected chi connectivity index (χ0v) is 16.9. The Morgan fingerprint density at radius 2 is 1.82 bits per heavy atom. The molecule has 28 heavy (non-hydrogen) atoms. The Balaban J connectivity index is 1.32. The second-order valence-electron chi connectivity index (χ2n) is 8.86. The Kier molecular flexibility index (Phi) is 3.79. The molecule has 1 atom stereocenters. The fourth-order valence-electron chi connectivity index (χ4n) is 5.94. The fraction of sp³-hybridized carbons (Fsp3) is 0.400. The topological polar surface area (TPSA) is 20.3 Å². The highest BCUT2D eigenvalue weighted by molar-refractivity contribution is 7.21. The molecule has 1 saturated carbocycles. The molecule has 2 aromatic carbocycles. The number of ketones is 1. The van der Waals surface area contributed by atoms with Crippen molar-refractivity contribution in [2.45, 2.75) is 37.6 Å². The molecule has 3 saturated heterocycles. The minimum Gasteiger partial charge on any atom is -0.297 e. The summed E-state index contributed by atoms with van der Waals surface area (Å²) in [5.41, 5.74) is 2.86. The van der Waals surface area contributed by atoms with Gasteiger partial charge in [-0.05, 0) is 73.2 Å². The first-order valence-corrected chi connectivity index (χ1v) is 11.4. The summed E-state index contributed by atoms with van der Waals surface area (Å²) in [5, 5.41) is 1.20. The molecule has 4 fully saturated rings. The highest BCUT2D eigenvalue weighted by atomic mass is 32.1. The van der Waals surface area contributed by atoms with E-state index >= 15 is 0 Å². The number of hydrogen-bond acceptors (Lipinski definition) is 3. The molecule has 1 spiro atoms. The summed E-state index contributed by atoms with van der Waals surface area (Å²) in [6.07, 6.45) is 5.96. The van der Waals surface area contributed by atoms with Crippen LogP contribution in [0.2, 0.25) is 0 Å². The lowest BCUT2D eigenvalue weighted by atomic mass is 9.70. The molecule has 0 amide bonds. The lowest BCUT2D eigenvalue weighted by Gasteiger charge is -2.52. The smallest absolute Gasteiger partial charge is 0.173 e. The highest BCUT2D eigenvalue weighted by Gasteiger charge is 2.60. The molecule has 2 bridgehead atoms. The summed E-state index contributed by atoms with van der Waals surface area (Å²) in [5.74, 6) is 1.72. The predicted octanol–water partition coefficient (Wildman–Crippen LogP) is 6.02. The van der Waals surface area contributed by atoms with E-state index in [2.05, 4.69) is 59.5 Å². The second kappa shape index (κ2) is 6.27. The van der Waals surface area contributed by atoms with Gasteiger partial charge < -0.3 is 0 Å². The van der Waals surface area contributed by atoms with Crippen LogP contribution in [0.1, 0.15) is 41.8 Å². The Hall–Kier alpha value is -1.97. The van der Waals surface area contributed by atoms with Gasteiger partial charge in [-0.15, -0.1) is 11.3 Å². The minimum absolute atomic E-state index is 0.366.